The maximum atomic E-state index is 8.59. The van der Waals surface area contributed by atoms with E-state index in [4.69, 9.17) is 9.84 Å². The Balaban J connectivity index is 1.91. The van der Waals surface area contributed by atoms with E-state index in [-0.39, 0.29) is 12.7 Å². The minimum Gasteiger partial charge on any atom is -0.394 e. The van der Waals surface area contributed by atoms with Gasteiger partial charge < -0.3 is 9.84 Å². The molecule has 0 aromatic rings. The Hall–Kier alpha value is -0.340. The van der Waals surface area contributed by atoms with Crippen LogP contribution in [0.25, 0.3) is 0 Å². The number of hydrogen-bond donors (Lipinski definition) is 1. The molecule has 0 spiro atoms. The lowest BCUT2D eigenvalue weighted by molar-refractivity contribution is 0.241. The quantitative estimate of drug-likeness (QED) is 0.354. The summed E-state index contributed by atoms with van der Waals surface area (Å²) >= 11 is 0. The van der Waals surface area contributed by atoms with E-state index in [1.807, 2.05) is 6.08 Å². The van der Waals surface area contributed by atoms with E-state index in [1.54, 1.807) is 0 Å². The second-order valence-corrected chi connectivity index (χ2v) is 2.62. The first-order chi connectivity index (χ1) is 4.88. The predicted molar refractivity (Wildman–Crippen MR) is 39.8 cm³/mol. The number of rotatable bonds is 5. The highest BCUT2D eigenvalue weighted by Crippen LogP contribution is 2.26. The van der Waals surface area contributed by atoms with E-state index >= 15 is 0 Å². The van der Waals surface area contributed by atoms with Gasteiger partial charge in [0, 0.05) is 0 Å². The molecule has 2 atom stereocenters. The molecule has 0 aliphatic carbocycles. The van der Waals surface area contributed by atoms with Crippen LogP contribution in [-0.2, 0) is 4.74 Å². The highest BCUT2D eigenvalue weighted by molar-refractivity contribution is 4.84. The number of unbranched alkanes of at least 4 members (excludes halogenated alkanes) is 1. The smallest absolute Gasteiger partial charge is 0.107 e. The molecule has 1 heterocycles. The molecule has 0 saturated carbocycles. The van der Waals surface area contributed by atoms with Crippen molar-refractivity contribution in [3.8, 4) is 0 Å². The minimum atomic E-state index is 0.143. The average molecular weight is 142 g/mol. The Morgan fingerprint density at radius 2 is 2.30 bits per heavy atom. The monoisotopic (exact) mass is 142 g/mol. The first-order valence-electron chi connectivity index (χ1n) is 3.75. The van der Waals surface area contributed by atoms with Crippen molar-refractivity contribution >= 4 is 0 Å². The van der Waals surface area contributed by atoms with Crippen molar-refractivity contribution in [2.45, 2.75) is 31.5 Å². The second-order valence-electron chi connectivity index (χ2n) is 2.62. The van der Waals surface area contributed by atoms with Crippen LogP contribution in [0.2, 0.25) is 0 Å². The maximum absolute atomic E-state index is 8.59. The van der Waals surface area contributed by atoms with Crippen LogP contribution in [0.1, 0.15) is 19.3 Å². The van der Waals surface area contributed by atoms with Crippen LogP contribution in [0, 0.1) is 0 Å². The number of aliphatic hydroxyl groups excluding tert-OH is 1. The zero-order chi connectivity index (χ0) is 7.40. The molecular formula is C8H14O2. The lowest BCUT2D eigenvalue weighted by atomic mass is 10.1. The van der Waals surface area contributed by atoms with E-state index in [0.29, 0.717) is 6.10 Å². The van der Waals surface area contributed by atoms with Gasteiger partial charge in [0.25, 0.3) is 0 Å². The maximum Gasteiger partial charge on any atom is 0.107 e. The van der Waals surface area contributed by atoms with Gasteiger partial charge in [0.1, 0.15) is 6.10 Å². The number of epoxide rings is 1. The number of aliphatic hydroxyl groups is 1. The van der Waals surface area contributed by atoms with Crippen LogP contribution in [0.5, 0.6) is 0 Å². The van der Waals surface area contributed by atoms with Crippen molar-refractivity contribution < 1.29 is 9.84 Å². The third-order valence-corrected chi connectivity index (χ3v) is 1.76. The fourth-order valence-corrected chi connectivity index (χ4v) is 1.06. The summed E-state index contributed by atoms with van der Waals surface area (Å²) < 4.78 is 5.13. The molecule has 1 saturated heterocycles. The lowest BCUT2D eigenvalue weighted by Crippen LogP contribution is -1.98. The molecule has 1 rings (SSSR count). The minimum absolute atomic E-state index is 0.143. The zero-order valence-electron chi connectivity index (χ0n) is 6.12. The number of allylic oxidation sites excluding steroid dienone is 1. The second kappa shape index (κ2) is 3.74. The summed E-state index contributed by atoms with van der Waals surface area (Å²) in [6.45, 7) is 3.81. The van der Waals surface area contributed by atoms with Crippen molar-refractivity contribution in [3.63, 3.8) is 0 Å². The van der Waals surface area contributed by atoms with Gasteiger partial charge in [0.2, 0.25) is 0 Å². The molecule has 0 bridgehead atoms. The van der Waals surface area contributed by atoms with Gasteiger partial charge in [0.15, 0.2) is 0 Å². The van der Waals surface area contributed by atoms with Gasteiger partial charge in [0.05, 0.1) is 12.7 Å². The summed E-state index contributed by atoms with van der Waals surface area (Å²) in [5.41, 5.74) is 0. The van der Waals surface area contributed by atoms with Crippen molar-refractivity contribution in [1.29, 1.82) is 0 Å². The van der Waals surface area contributed by atoms with Crippen molar-refractivity contribution in [3.05, 3.63) is 12.7 Å². The Kier molecular flexibility index (Phi) is 2.90. The van der Waals surface area contributed by atoms with E-state index < -0.39 is 0 Å². The van der Waals surface area contributed by atoms with Crippen LogP contribution < -0.4 is 0 Å². The topological polar surface area (TPSA) is 32.8 Å². The molecule has 1 aliphatic heterocycles. The van der Waals surface area contributed by atoms with Crippen LogP contribution >= 0.6 is 0 Å². The largest absolute Gasteiger partial charge is 0.394 e. The third kappa shape index (κ3) is 2.12. The summed E-state index contributed by atoms with van der Waals surface area (Å²) in [5.74, 6) is 0. The van der Waals surface area contributed by atoms with E-state index in [2.05, 4.69) is 6.58 Å². The molecular weight excluding hydrogens is 128 g/mol. The highest BCUT2D eigenvalue weighted by Gasteiger charge is 2.36. The normalized spacial score (nSPS) is 30.1. The Bertz CT molecular complexity index is 112. The molecule has 1 aliphatic rings. The van der Waals surface area contributed by atoms with Gasteiger partial charge in [-0.15, -0.1) is 6.58 Å². The molecule has 0 aromatic carbocycles. The average Bonchev–Trinajstić information content (AvgIpc) is 2.68. The Labute approximate surface area is 61.5 Å². The predicted octanol–water partition coefficient (Wildman–Crippen LogP) is 1.10. The van der Waals surface area contributed by atoms with Gasteiger partial charge in [-0.3, -0.25) is 0 Å². The number of hydrogen-bond acceptors (Lipinski definition) is 2. The van der Waals surface area contributed by atoms with Gasteiger partial charge in [-0.1, -0.05) is 6.08 Å². The fraction of sp³-hybridized carbons (Fsp3) is 0.750. The zero-order valence-corrected chi connectivity index (χ0v) is 6.12. The molecule has 1 fully saturated rings. The molecule has 58 valence electrons. The molecule has 0 amide bonds. The van der Waals surface area contributed by atoms with Crippen molar-refractivity contribution in [2.24, 2.45) is 0 Å². The van der Waals surface area contributed by atoms with E-state index in [0.717, 1.165) is 19.3 Å². The standard InChI is InChI=1S/C8H14O2/c1-2-3-4-5-7-8(6-9)10-7/h2,7-9H,1,3-6H2. The van der Waals surface area contributed by atoms with Crippen LogP contribution in [0.4, 0.5) is 0 Å². The van der Waals surface area contributed by atoms with Gasteiger partial charge >= 0.3 is 0 Å². The molecule has 0 aromatic heterocycles. The Morgan fingerprint density at radius 1 is 1.50 bits per heavy atom. The summed E-state index contributed by atoms with van der Waals surface area (Å²) in [6, 6.07) is 0. The molecule has 2 nitrogen and oxygen atoms in total. The summed E-state index contributed by atoms with van der Waals surface area (Å²) in [7, 11) is 0. The first-order valence-corrected chi connectivity index (χ1v) is 3.75. The SMILES string of the molecule is C=CCCCC1OC1CO. The van der Waals surface area contributed by atoms with Crippen molar-refractivity contribution in [1.82, 2.24) is 0 Å². The third-order valence-electron chi connectivity index (χ3n) is 1.76. The summed E-state index contributed by atoms with van der Waals surface area (Å²) in [5, 5.41) is 8.59. The molecule has 2 unspecified atom stereocenters. The summed E-state index contributed by atoms with van der Waals surface area (Å²) in [6.07, 6.45) is 5.64. The molecule has 10 heavy (non-hydrogen) atoms. The summed E-state index contributed by atoms with van der Waals surface area (Å²) in [4.78, 5) is 0. The highest BCUT2D eigenvalue weighted by atomic mass is 16.6. The van der Waals surface area contributed by atoms with Crippen LogP contribution in [0.15, 0.2) is 12.7 Å². The van der Waals surface area contributed by atoms with Crippen LogP contribution in [0.3, 0.4) is 0 Å². The van der Waals surface area contributed by atoms with Gasteiger partial charge in [-0.2, -0.15) is 0 Å². The van der Waals surface area contributed by atoms with E-state index in [1.165, 1.54) is 0 Å². The van der Waals surface area contributed by atoms with Crippen molar-refractivity contribution in [2.75, 3.05) is 6.61 Å². The molecule has 0 radical (unpaired) electrons. The molecule has 1 N–H and O–H groups in total. The Morgan fingerprint density at radius 3 is 2.80 bits per heavy atom. The molecule has 2 heteroatoms. The lowest BCUT2D eigenvalue weighted by Gasteiger charge is -1.90. The van der Waals surface area contributed by atoms with Gasteiger partial charge in [-0.25, -0.2) is 0 Å². The first kappa shape index (κ1) is 7.76. The fourth-order valence-electron chi connectivity index (χ4n) is 1.06. The number of ether oxygens (including phenoxy) is 1. The van der Waals surface area contributed by atoms with Gasteiger partial charge in [-0.05, 0) is 19.3 Å². The van der Waals surface area contributed by atoms with Crippen LogP contribution in [-0.4, -0.2) is 23.9 Å². The van der Waals surface area contributed by atoms with E-state index in [9.17, 15) is 0 Å².